The van der Waals surface area contributed by atoms with Crippen LogP contribution >= 0.6 is 69.6 Å². The van der Waals surface area contributed by atoms with Crippen molar-refractivity contribution < 1.29 is 28.4 Å². The number of ether oxygens (including phenoxy) is 6. The lowest BCUT2D eigenvalue weighted by atomic mass is 10.1. The van der Waals surface area contributed by atoms with Gasteiger partial charge in [0.25, 0.3) is 0 Å². The highest BCUT2D eigenvalue weighted by molar-refractivity contribution is 6.36. The molecule has 3 fully saturated rings. The predicted molar refractivity (Wildman–Crippen MR) is 189 cm³/mol. The van der Waals surface area contributed by atoms with Gasteiger partial charge >= 0.3 is 0 Å². The average Bonchev–Trinajstić information content (AvgIpc) is 3.85. The van der Waals surface area contributed by atoms with Crippen molar-refractivity contribution >= 4 is 69.6 Å². The van der Waals surface area contributed by atoms with Gasteiger partial charge in [-0.2, -0.15) is 0 Å². The Hall–Kier alpha value is -2.10. The second kappa shape index (κ2) is 15.0. The summed E-state index contributed by atoms with van der Waals surface area (Å²) in [5.74, 6) is 1.74. The molecule has 0 aliphatic carbocycles. The summed E-state index contributed by atoms with van der Waals surface area (Å²) in [5.41, 5.74) is 5.34. The minimum Gasteiger partial charge on any atom is -0.487 e. The van der Waals surface area contributed by atoms with Gasteiger partial charge in [0, 0.05) is 34.3 Å². The van der Waals surface area contributed by atoms with Crippen LogP contribution in [-0.2, 0) is 53.3 Å². The smallest absolute Gasteiger partial charge is 0.141 e. The van der Waals surface area contributed by atoms with E-state index in [4.69, 9.17) is 98.0 Å². The summed E-state index contributed by atoms with van der Waals surface area (Å²) in [4.78, 5) is 0. The molecule has 0 amide bonds. The molecule has 0 spiro atoms. The van der Waals surface area contributed by atoms with Crippen LogP contribution in [0.1, 0.15) is 33.4 Å². The minimum absolute atomic E-state index is 0.137. The topological polar surface area (TPSA) is 65.3 Å². The molecule has 0 aromatic heterocycles. The van der Waals surface area contributed by atoms with E-state index in [1.54, 1.807) is 18.2 Å². The first-order valence-electron chi connectivity index (χ1n) is 15.5. The van der Waals surface area contributed by atoms with E-state index >= 15 is 0 Å². The SMILES string of the molecule is Clc1cc(Cl)c(OCc2cc(COc3c(Cl)cc(Cl)cc3CC3CO3)cc(COc3c(Cl)cc(Cl)cc3CC3CO3)c2)c(CC2CO2)c1. The zero-order valence-corrected chi connectivity index (χ0v) is 30.0. The maximum atomic E-state index is 6.61. The van der Waals surface area contributed by atoms with Crippen LogP contribution in [0.15, 0.2) is 54.6 Å². The Kier molecular flexibility index (Phi) is 10.8. The number of benzene rings is 4. The van der Waals surface area contributed by atoms with E-state index in [2.05, 4.69) is 0 Å². The Balaban J connectivity index is 1.15. The van der Waals surface area contributed by atoms with Crippen molar-refractivity contribution in [2.75, 3.05) is 19.8 Å². The Morgan fingerprint density at radius 1 is 0.438 bits per heavy atom. The lowest BCUT2D eigenvalue weighted by Gasteiger charge is -2.18. The second-order valence-electron chi connectivity index (χ2n) is 12.1. The largest absolute Gasteiger partial charge is 0.487 e. The zero-order chi connectivity index (χ0) is 33.4. The molecule has 3 heterocycles. The summed E-state index contributed by atoms with van der Waals surface area (Å²) in [6.07, 6.45) is 2.40. The molecular formula is C36H30Cl6O6. The number of hydrogen-bond acceptors (Lipinski definition) is 6. The van der Waals surface area contributed by atoms with Gasteiger partial charge < -0.3 is 28.4 Å². The van der Waals surface area contributed by atoms with Crippen molar-refractivity contribution in [1.82, 2.24) is 0 Å². The summed E-state index contributed by atoms with van der Waals surface area (Å²) in [6.45, 7) is 2.81. The fourth-order valence-electron chi connectivity index (χ4n) is 5.63. The summed E-state index contributed by atoms with van der Waals surface area (Å²) >= 11 is 38.8. The van der Waals surface area contributed by atoms with Crippen LogP contribution in [0.25, 0.3) is 0 Å². The van der Waals surface area contributed by atoms with Crippen LogP contribution < -0.4 is 14.2 Å². The molecule has 252 valence electrons. The van der Waals surface area contributed by atoms with Crippen LogP contribution in [0.5, 0.6) is 17.2 Å². The molecule has 4 aromatic rings. The fourth-order valence-corrected chi connectivity index (χ4v) is 7.40. The van der Waals surface area contributed by atoms with Crippen LogP contribution in [0.4, 0.5) is 0 Å². The average molecular weight is 771 g/mol. The van der Waals surface area contributed by atoms with Gasteiger partial charge in [-0.1, -0.05) is 69.6 Å². The lowest BCUT2D eigenvalue weighted by Crippen LogP contribution is -2.07. The highest BCUT2D eigenvalue weighted by Crippen LogP contribution is 2.38. The highest BCUT2D eigenvalue weighted by Gasteiger charge is 2.28. The van der Waals surface area contributed by atoms with Gasteiger partial charge in [0.05, 0.1) is 53.2 Å². The highest BCUT2D eigenvalue weighted by atomic mass is 35.5. The number of rotatable bonds is 15. The van der Waals surface area contributed by atoms with Gasteiger partial charge in [-0.15, -0.1) is 0 Å². The molecule has 12 heteroatoms. The first-order valence-corrected chi connectivity index (χ1v) is 17.7. The third-order valence-corrected chi connectivity index (χ3v) is 9.56. The summed E-state index contributed by atoms with van der Waals surface area (Å²) in [7, 11) is 0. The standard InChI is InChI=1S/C36H30Cl6O6/c37-25-4-22(7-28-16-43-28)34(31(40)10-25)46-13-19-1-20(14-47-35-23(8-29-17-44-29)5-26(38)11-32(35)41)3-21(2-19)15-48-36-24(9-30-18-45-30)6-27(39)12-33(36)42/h1-6,10-12,28-30H,7-9,13-18H2. The molecule has 48 heavy (non-hydrogen) atoms. The van der Waals surface area contributed by atoms with Crippen molar-refractivity contribution in [1.29, 1.82) is 0 Å². The van der Waals surface area contributed by atoms with Gasteiger partial charge in [-0.25, -0.2) is 0 Å². The van der Waals surface area contributed by atoms with E-state index in [1.165, 1.54) is 0 Å². The zero-order valence-electron chi connectivity index (χ0n) is 25.5. The number of hydrogen-bond donors (Lipinski definition) is 0. The monoisotopic (exact) mass is 768 g/mol. The molecule has 3 saturated heterocycles. The van der Waals surface area contributed by atoms with Crippen LogP contribution in [-0.4, -0.2) is 38.1 Å². The van der Waals surface area contributed by atoms with E-state index in [-0.39, 0.29) is 38.1 Å². The molecule has 6 nitrogen and oxygen atoms in total. The fraction of sp³-hybridized carbons (Fsp3) is 0.333. The Labute approximate surface area is 308 Å². The molecular weight excluding hydrogens is 741 g/mol. The molecule has 0 bridgehead atoms. The lowest BCUT2D eigenvalue weighted by molar-refractivity contribution is 0.289. The van der Waals surface area contributed by atoms with Gasteiger partial charge in [0.15, 0.2) is 0 Å². The maximum Gasteiger partial charge on any atom is 0.141 e. The molecule has 3 unspecified atom stereocenters. The maximum absolute atomic E-state index is 6.61. The van der Waals surface area contributed by atoms with E-state index in [1.807, 2.05) is 36.4 Å². The molecule has 3 atom stereocenters. The predicted octanol–water partition coefficient (Wildman–Crippen LogP) is 10.2. The third-order valence-electron chi connectivity index (χ3n) is 8.07. The van der Waals surface area contributed by atoms with Crippen molar-refractivity contribution in [3.63, 3.8) is 0 Å². The van der Waals surface area contributed by atoms with Crippen LogP contribution in [0, 0.1) is 0 Å². The van der Waals surface area contributed by atoms with Crippen LogP contribution in [0.3, 0.4) is 0 Å². The Bertz CT molecular complexity index is 1600. The normalized spacial score (nSPS) is 19.2. The Morgan fingerprint density at radius 3 is 0.958 bits per heavy atom. The number of halogens is 6. The molecule has 7 rings (SSSR count). The van der Waals surface area contributed by atoms with Crippen LogP contribution in [0.2, 0.25) is 30.1 Å². The molecule has 3 aliphatic heterocycles. The Morgan fingerprint density at radius 2 is 0.708 bits per heavy atom. The van der Waals surface area contributed by atoms with E-state index in [0.717, 1.165) is 33.4 Å². The van der Waals surface area contributed by atoms with Crippen molar-refractivity contribution in [2.45, 2.75) is 57.4 Å². The van der Waals surface area contributed by atoms with Gasteiger partial charge in [0.2, 0.25) is 0 Å². The minimum atomic E-state index is 0.137. The summed E-state index contributed by atoms with van der Waals surface area (Å²) in [6, 6.07) is 16.7. The summed E-state index contributed by atoms with van der Waals surface area (Å²) < 4.78 is 35.4. The molecule has 0 radical (unpaired) electrons. The summed E-state index contributed by atoms with van der Waals surface area (Å²) in [5, 5.41) is 2.96. The first kappa shape index (κ1) is 34.4. The van der Waals surface area contributed by atoms with Gasteiger partial charge in [-0.3, -0.25) is 0 Å². The van der Waals surface area contributed by atoms with Gasteiger partial charge in [0.1, 0.15) is 37.1 Å². The molecule has 4 aromatic carbocycles. The molecule has 3 aliphatic rings. The van der Waals surface area contributed by atoms with Gasteiger partial charge in [-0.05, 0) is 88.0 Å². The van der Waals surface area contributed by atoms with Crippen molar-refractivity contribution in [3.8, 4) is 17.2 Å². The third kappa shape index (κ3) is 9.16. The molecule has 0 N–H and O–H groups in total. The second-order valence-corrected chi connectivity index (χ2v) is 14.7. The van der Waals surface area contributed by atoms with E-state index < -0.39 is 0 Å². The molecule has 0 saturated carbocycles. The first-order chi connectivity index (χ1) is 23.2. The van der Waals surface area contributed by atoms with Crippen molar-refractivity contribution in [3.05, 3.63) is 118 Å². The van der Waals surface area contributed by atoms with Crippen molar-refractivity contribution in [2.24, 2.45) is 0 Å². The van der Waals surface area contributed by atoms with E-state index in [9.17, 15) is 0 Å². The van der Waals surface area contributed by atoms with E-state index in [0.29, 0.717) is 86.5 Å². The quantitative estimate of drug-likeness (QED) is 0.112. The number of epoxide rings is 3.